The van der Waals surface area contributed by atoms with Gasteiger partial charge in [-0.15, -0.1) is 0 Å². The average Bonchev–Trinajstić information content (AvgIpc) is 3.05. The van der Waals surface area contributed by atoms with Gasteiger partial charge in [-0.05, 0) is 43.5 Å². The Morgan fingerprint density at radius 2 is 1.93 bits per heavy atom. The maximum atomic E-state index is 13.0. The van der Waals surface area contributed by atoms with Gasteiger partial charge in [0.15, 0.2) is 0 Å². The Bertz CT molecular complexity index is 957. The Balaban J connectivity index is 1.40. The summed E-state index contributed by atoms with van der Waals surface area (Å²) in [5.41, 5.74) is 3.91. The highest BCUT2D eigenvalue weighted by Crippen LogP contribution is 2.26. The van der Waals surface area contributed by atoms with Crippen molar-refractivity contribution >= 4 is 16.8 Å². The summed E-state index contributed by atoms with van der Waals surface area (Å²) >= 11 is 0. The maximum Gasteiger partial charge on any atom is 0.253 e. The predicted octanol–water partition coefficient (Wildman–Crippen LogP) is 3.88. The van der Waals surface area contributed by atoms with Crippen LogP contribution in [-0.2, 0) is 6.54 Å². The largest absolute Gasteiger partial charge is 0.497 e. The summed E-state index contributed by atoms with van der Waals surface area (Å²) in [6.07, 6.45) is 1.95. The second-order valence-electron chi connectivity index (χ2n) is 7.55. The Labute approximate surface area is 165 Å². The summed E-state index contributed by atoms with van der Waals surface area (Å²) in [4.78, 5) is 18.8. The first-order valence-corrected chi connectivity index (χ1v) is 9.87. The molecule has 4 rings (SSSR count). The molecule has 0 aliphatic carbocycles. The van der Waals surface area contributed by atoms with Gasteiger partial charge in [0.05, 0.1) is 12.7 Å². The minimum absolute atomic E-state index is 0.00138. The molecule has 0 unspecified atom stereocenters. The average molecular weight is 377 g/mol. The molecular formula is C23H27N3O2. The van der Waals surface area contributed by atoms with Crippen LogP contribution in [0.25, 0.3) is 10.9 Å². The lowest BCUT2D eigenvalue weighted by Gasteiger charge is -2.32. The minimum Gasteiger partial charge on any atom is -0.497 e. The normalized spacial score (nSPS) is 15.6. The third-order valence-electron chi connectivity index (χ3n) is 5.59. The van der Waals surface area contributed by atoms with Crippen LogP contribution in [0, 0.1) is 6.92 Å². The number of hydrogen-bond acceptors (Lipinski definition) is 3. The molecule has 28 heavy (non-hydrogen) atoms. The van der Waals surface area contributed by atoms with Crippen molar-refractivity contribution in [1.29, 1.82) is 0 Å². The van der Waals surface area contributed by atoms with E-state index in [2.05, 4.69) is 39.5 Å². The highest BCUT2D eigenvalue weighted by atomic mass is 16.5. The van der Waals surface area contributed by atoms with Gasteiger partial charge in [-0.25, -0.2) is 0 Å². The number of nitrogens with zero attached hydrogens (tertiary/aromatic N) is 1. The van der Waals surface area contributed by atoms with Gasteiger partial charge in [0.1, 0.15) is 5.75 Å². The van der Waals surface area contributed by atoms with Gasteiger partial charge in [-0.2, -0.15) is 0 Å². The van der Waals surface area contributed by atoms with Crippen LogP contribution in [0.15, 0.2) is 48.5 Å². The maximum absolute atomic E-state index is 13.0. The second-order valence-corrected chi connectivity index (χ2v) is 7.55. The molecule has 1 aliphatic rings. The van der Waals surface area contributed by atoms with Gasteiger partial charge in [0, 0.05) is 42.3 Å². The van der Waals surface area contributed by atoms with E-state index in [-0.39, 0.29) is 11.9 Å². The fourth-order valence-electron chi connectivity index (χ4n) is 4.06. The van der Waals surface area contributed by atoms with Crippen molar-refractivity contribution in [3.05, 3.63) is 65.4 Å². The lowest BCUT2D eigenvalue weighted by Crippen LogP contribution is -2.44. The van der Waals surface area contributed by atoms with Crippen molar-refractivity contribution < 1.29 is 9.53 Å². The number of methoxy groups -OCH3 is 1. The number of ether oxygens (including phenoxy) is 1. The summed E-state index contributed by atoms with van der Waals surface area (Å²) in [5.74, 6) is 0.758. The van der Waals surface area contributed by atoms with Crippen LogP contribution in [0.4, 0.5) is 0 Å². The Morgan fingerprint density at radius 3 is 2.64 bits per heavy atom. The predicted molar refractivity (Wildman–Crippen MR) is 112 cm³/mol. The number of piperidine rings is 1. The Kier molecular flexibility index (Phi) is 5.35. The molecule has 2 N–H and O–H groups in total. The fraction of sp³-hybridized carbons (Fsp3) is 0.348. The van der Waals surface area contributed by atoms with E-state index in [1.807, 2.05) is 31.2 Å². The molecule has 0 atom stereocenters. The van der Waals surface area contributed by atoms with Gasteiger partial charge in [-0.3, -0.25) is 9.69 Å². The first-order valence-electron chi connectivity index (χ1n) is 9.87. The fourth-order valence-corrected chi connectivity index (χ4v) is 4.06. The van der Waals surface area contributed by atoms with Gasteiger partial charge in [-0.1, -0.05) is 30.3 Å². The van der Waals surface area contributed by atoms with Crippen LogP contribution in [0.5, 0.6) is 5.75 Å². The molecule has 2 aromatic carbocycles. The number of aryl methyl sites for hydroxylation is 1. The number of hydrogen-bond donors (Lipinski definition) is 2. The van der Waals surface area contributed by atoms with Crippen LogP contribution in [0.3, 0.4) is 0 Å². The molecular weight excluding hydrogens is 350 g/mol. The molecule has 1 fully saturated rings. The van der Waals surface area contributed by atoms with Gasteiger partial charge in [0.2, 0.25) is 0 Å². The number of likely N-dealkylation sites (tertiary alicyclic amines) is 1. The van der Waals surface area contributed by atoms with E-state index in [4.69, 9.17) is 4.74 Å². The third-order valence-corrected chi connectivity index (χ3v) is 5.59. The number of aromatic amines is 1. The van der Waals surface area contributed by atoms with Crippen molar-refractivity contribution in [3.63, 3.8) is 0 Å². The van der Waals surface area contributed by atoms with Crippen LogP contribution in [0.1, 0.15) is 34.5 Å². The smallest absolute Gasteiger partial charge is 0.253 e. The zero-order valence-electron chi connectivity index (χ0n) is 16.5. The number of fused-ring (bicyclic) bond motifs is 1. The number of carbonyl (C=O) groups is 1. The van der Waals surface area contributed by atoms with Crippen molar-refractivity contribution in [1.82, 2.24) is 15.2 Å². The van der Waals surface area contributed by atoms with E-state index >= 15 is 0 Å². The molecule has 1 amide bonds. The van der Waals surface area contributed by atoms with E-state index in [0.29, 0.717) is 0 Å². The van der Waals surface area contributed by atoms with Crippen molar-refractivity contribution in [2.45, 2.75) is 32.4 Å². The monoisotopic (exact) mass is 377 g/mol. The lowest BCUT2D eigenvalue weighted by molar-refractivity contribution is 0.0910. The van der Waals surface area contributed by atoms with Crippen LogP contribution in [0.2, 0.25) is 0 Å². The van der Waals surface area contributed by atoms with E-state index in [0.717, 1.165) is 60.4 Å². The third kappa shape index (κ3) is 3.90. The number of aromatic nitrogens is 1. The molecule has 1 aromatic heterocycles. The molecule has 3 aromatic rings. The van der Waals surface area contributed by atoms with Crippen LogP contribution >= 0.6 is 0 Å². The number of amides is 1. The highest BCUT2D eigenvalue weighted by molar-refractivity contribution is 6.08. The number of nitrogens with one attached hydrogen (secondary N) is 2. The molecule has 0 bridgehead atoms. The second kappa shape index (κ2) is 8.07. The number of H-pyrrole nitrogens is 1. The summed E-state index contributed by atoms with van der Waals surface area (Å²) in [6.45, 7) is 4.92. The first-order chi connectivity index (χ1) is 13.6. The highest BCUT2D eigenvalue weighted by Gasteiger charge is 2.23. The summed E-state index contributed by atoms with van der Waals surface area (Å²) in [6, 6.07) is 16.6. The van der Waals surface area contributed by atoms with Crippen molar-refractivity contribution in [2.75, 3.05) is 20.2 Å². The minimum atomic E-state index is -0.00138. The van der Waals surface area contributed by atoms with Gasteiger partial charge < -0.3 is 15.0 Å². The molecule has 0 spiro atoms. The Hall–Kier alpha value is -2.79. The topological polar surface area (TPSA) is 57.4 Å². The summed E-state index contributed by atoms with van der Waals surface area (Å²) < 4.78 is 5.33. The molecule has 0 saturated carbocycles. The summed E-state index contributed by atoms with van der Waals surface area (Å²) in [7, 11) is 1.64. The quantitative estimate of drug-likeness (QED) is 0.709. The van der Waals surface area contributed by atoms with Gasteiger partial charge >= 0.3 is 0 Å². The van der Waals surface area contributed by atoms with E-state index in [1.54, 1.807) is 7.11 Å². The van der Waals surface area contributed by atoms with Gasteiger partial charge in [0.25, 0.3) is 5.91 Å². The molecule has 1 aliphatic heterocycles. The first kappa shape index (κ1) is 18.6. The number of benzene rings is 2. The van der Waals surface area contributed by atoms with Crippen LogP contribution < -0.4 is 10.1 Å². The summed E-state index contributed by atoms with van der Waals surface area (Å²) in [5, 5.41) is 4.16. The molecule has 2 heterocycles. The SMILES string of the molecule is COc1ccc2[nH]c(C)c(C(=O)NC3CCN(Cc4ccccc4)CC3)c2c1. The zero-order chi connectivity index (χ0) is 19.5. The number of carbonyl (C=O) groups excluding carboxylic acids is 1. The molecule has 1 saturated heterocycles. The van der Waals surface area contributed by atoms with Crippen molar-refractivity contribution in [2.24, 2.45) is 0 Å². The molecule has 5 nitrogen and oxygen atoms in total. The number of rotatable bonds is 5. The van der Waals surface area contributed by atoms with E-state index < -0.39 is 0 Å². The standard InChI is InChI=1S/C23H27N3O2/c1-16-22(20-14-19(28-2)8-9-21(20)24-16)23(27)25-18-10-12-26(13-11-18)15-17-6-4-3-5-7-17/h3-9,14,18,24H,10-13,15H2,1-2H3,(H,25,27). The van der Waals surface area contributed by atoms with Crippen molar-refractivity contribution in [3.8, 4) is 5.75 Å². The zero-order valence-corrected chi connectivity index (χ0v) is 16.5. The van der Waals surface area contributed by atoms with E-state index in [9.17, 15) is 4.79 Å². The Morgan fingerprint density at radius 1 is 1.18 bits per heavy atom. The van der Waals surface area contributed by atoms with Crippen LogP contribution in [-0.4, -0.2) is 42.0 Å². The molecule has 0 radical (unpaired) electrons. The molecule has 5 heteroatoms. The lowest BCUT2D eigenvalue weighted by atomic mass is 10.0. The van der Waals surface area contributed by atoms with E-state index in [1.165, 1.54) is 5.56 Å². The molecule has 146 valence electrons.